The number of aliphatic imine (C=N–C) groups is 2. The number of hydrogen-bond acceptors (Lipinski definition) is 9. The zero-order valence-electron chi connectivity index (χ0n) is 17.8. The topological polar surface area (TPSA) is 119 Å². The van der Waals surface area contributed by atoms with E-state index in [9.17, 15) is 0 Å². The Morgan fingerprint density at radius 2 is 2.26 bits per heavy atom. The van der Waals surface area contributed by atoms with Gasteiger partial charge in [0.1, 0.15) is 11.5 Å². The van der Waals surface area contributed by atoms with Gasteiger partial charge >= 0.3 is 0 Å². The minimum Gasteiger partial charge on any atom is -0.404 e. The van der Waals surface area contributed by atoms with Crippen LogP contribution in [0.4, 0.5) is 5.82 Å². The summed E-state index contributed by atoms with van der Waals surface area (Å²) < 4.78 is 0. The smallest absolute Gasteiger partial charge is 0.179 e. The molecule has 2 fully saturated rings. The highest BCUT2D eigenvalue weighted by Crippen LogP contribution is 2.38. The fraction of sp³-hybridized carbons (Fsp3) is 0.409. The van der Waals surface area contributed by atoms with Crippen molar-refractivity contribution < 1.29 is 0 Å². The molecule has 0 amide bonds. The van der Waals surface area contributed by atoms with Crippen molar-refractivity contribution in [2.45, 2.75) is 31.8 Å². The van der Waals surface area contributed by atoms with E-state index in [1.807, 2.05) is 12.3 Å². The van der Waals surface area contributed by atoms with Crippen molar-refractivity contribution in [1.82, 2.24) is 20.2 Å². The Hall–Kier alpha value is -3.33. The van der Waals surface area contributed by atoms with Crippen molar-refractivity contribution >= 4 is 30.7 Å². The highest BCUT2D eigenvalue weighted by molar-refractivity contribution is 5.78. The average molecular weight is 420 g/mol. The molecule has 1 saturated carbocycles. The van der Waals surface area contributed by atoms with Gasteiger partial charge in [0, 0.05) is 61.6 Å². The van der Waals surface area contributed by atoms with E-state index in [4.69, 9.17) is 16.1 Å². The van der Waals surface area contributed by atoms with Gasteiger partial charge in [-0.3, -0.25) is 9.98 Å². The Kier molecular flexibility index (Phi) is 6.22. The van der Waals surface area contributed by atoms with Crippen LogP contribution in [0.5, 0.6) is 0 Å². The van der Waals surface area contributed by atoms with Crippen molar-refractivity contribution in [1.29, 1.82) is 5.41 Å². The van der Waals surface area contributed by atoms with Gasteiger partial charge in [0.25, 0.3) is 0 Å². The van der Waals surface area contributed by atoms with E-state index in [1.165, 1.54) is 25.3 Å². The molecular formula is C22H29N9. The van der Waals surface area contributed by atoms with Gasteiger partial charge in [-0.2, -0.15) is 0 Å². The number of rotatable bonds is 7. The molecule has 4 N–H and O–H groups in total. The SMILES string of the molecule is C=N/C=C(/c1nccc(N2CCNC(/C(C=N)=C/N)C2C)n1)N1C=C(C2CC2)N=CC1. The summed E-state index contributed by atoms with van der Waals surface area (Å²) in [4.78, 5) is 22.3. The van der Waals surface area contributed by atoms with Crippen LogP contribution in [0.15, 0.2) is 52.1 Å². The van der Waals surface area contributed by atoms with Crippen molar-refractivity contribution in [2.24, 2.45) is 21.6 Å². The first-order chi connectivity index (χ1) is 15.2. The molecule has 0 aromatic carbocycles. The van der Waals surface area contributed by atoms with Crippen LogP contribution in [-0.4, -0.2) is 65.7 Å². The summed E-state index contributed by atoms with van der Waals surface area (Å²) >= 11 is 0. The minimum atomic E-state index is -0.0399. The molecule has 4 rings (SSSR count). The van der Waals surface area contributed by atoms with Gasteiger partial charge in [0.05, 0.1) is 24.5 Å². The maximum absolute atomic E-state index is 7.65. The van der Waals surface area contributed by atoms with Crippen molar-refractivity contribution in [3.8, 4) is 0 Å². The second-order valence-electron chi connectivity index (χ2n) is 7.90. The molecule has 9 heteroatoms. The fourth-order valence-electron chi connectivity index (χ4n) is 4.07. The van der Waals surface area contributed by atoms with Gasteiger partial charge in [-0.15, -0.1) is 0 Å². The van der Waals surface area contributed by atoms with Gasteiger partial charge in [0.15, 0.2) is 5.82 Å². The number of piperazine rings is 1. The summed E-state index contributed by atoms with van der Waals surface area (Å²) in [6.45, 7) is 7.96. The lowest BCUT2D eigenvalue weighted by Gasteiger charge is -2.41. The minimum absolute atomic E-state index is 0.0399. The Balaban J connectivity index is 1.62. The Bertz CT molecular complexity index is 957. The summed E-state index contributed by atoms with van der Waals surface area (Å²) in [5.41, 5.74) is 8.39. The maximum Gasteiger partial charge on any atom is 0.179 e. The third-order valence-corrected chi connectivity index (χ3v) is 5.90. The number of nitrogens with one attached hydrogen (secondary N) is 2. The van der Waals surface area contributed by atoms with E-state index in [-0.39, 0.29) is 12.1 Å². The molecule has 0 radical (unpaired) electrons. The number of nitrogens with zero attached hydrogens (tertiary/aromatic N) is 6. The summed E-state index contributed by atoms with van der Waals surface area (Å²) in [5, 5.41) is 11.1. The lowest BCUT2D eigenvalue weighted by Crippen LogP contribution is -2.58. The predicted molar refractivity (Wildman–Crippen MR) is 125 cm³/mol. The second-order valence-corrected chi connectivity index (χ2v) is 7.90. The zero-order valence-corrected chi connectivity index (χ0v) is 17.8. The van der Waals surface area contributed by atoms with Crippen LogP contribution in [0.25, 0.3) is 5.70 Å². The van der Waals surface area contributed by atoms with Gasteiger partial charge in [-0.1, -0.05) is 0 Å². The molecule has 1 saturated heterocycles. The summed E-state index contributed by atoms with van der Waals surface area (Å²) in [7, 11) is 0. The van der Waals surface area contributed by atoms with Crippen LogP contribution in [-0.2, 0) is 0 Å². The van der Waals surface area contributed by atoms with Crippen molar-refractivity contribution in [3.05, 3.63) is 48.0 Å². The predicted octanol–water partition coefficient (Wildman–Crippen LogP) is 1.77. The lowest BCUT2D eigenvalue weighted by molar-refractivity contribution is 0.424. The normalized spacial score (nSPS) is 24.7. The third-order valence-electron chi connectivity index (χ3n) is 5.90. The first-order valence-corrected chi connectivity index (χ1v) is 10.6. The van der Waals surface area contributed by atoms with Crippen LogP contribution >= 0.6 is 0 Å². The molecule has 1 aromatic heterocycles. The van der Waals surface area contributed by atoms with Crippen LogP contribution in [0.2, 0.25) is 0 Å². The van der Waals surface area contributed by atoms with E-state index in [0.717, 1.165) is 35.9 Å². The molecule has 31 heavy (non-hydrogen) atoms. The summed E-state index contributed by atoms with van der Waals surface area (Å²) in [6, 6.07) is 1.95. The Morgan fingerprint density at radius 3 is 2.97 bits per heavy atom. The van der Waals surface area contributed by atoms with E-state index in [0.29, 0.717) is 18.3 Å². The number of aromatic nitrogens is 2. The maximum atomic E-state index is 7.65. The lowest BCUT2D eigenvalue weighted by atomic mass is 9.98. The molecule has 2 aliphatic heterocycles. The van der Waals surface area contributed by atoms with Crippen molar-refractivity contribution in [2.75, 3.05) is 24.5 Å². The molecule has 2 atom stereocenters. The Morgan fingerprint density at radius 1 is 1.42 bits per heavy atom. The summed E-state index contributed by atoms with van der Waals surface area (Å²) in [5.74, 6) is 1.98. The molecular weight excluding hydrogens is 390 g/mol. The Labute approximate surface area is 182 Å². The standard InChI is InChI=1S/C22H29N9/c1-15-21(17(11-23)12-24)27-8-10-31(15)20-5-6-28-22(29-20)19(13-25-2)30-9-7-26-18(14-30)16-3-4-16/h5-7,11-16,21,23,27H,2-4,8-10,24H2,1H3/b17-12+,19-13-,23-11?. The molecule has 1 aromatic rings. The first-order valence-electron chi connectivity index (χ1n) is 10.6. The van der Waals surface area contributed by atoms with E-state index in [1.54, 1.807) is 12.4 Å². The average Bonchev–Trinajstić information content (AvgIpc) is 3.65. The molecule has 2 unspecified atom stereocenters. The largest absolute Gasteiger partial charge is 0.404 e. The van der Waals surface area contributed by atoms with Crippen LogP contribution in [0.1, 0.15) is 25.6 Å². The van der Waals surface area contributed by atoms with Gasteiger partial charge in [-0.25, -0.2) is 9.97 Å². The number of allylic oxidation sites excluding steroid dienone is 1. The van der Waals surface area contributed by atoms with E-state index in [2.05, 4.69) is 49.9 Å². The van der Waals surface area contributed by atoms with Crippen LogP contribution < -0.4 is 16.0 Å². The fourth-order valence-corrected chi connectivity index (χ4v) is 4.07. The van der Waals surface area contributed by atoms with Gasteiger partial charge in [-0.05, 0) is 32.5 Å². The van der Waals surface area contributed by atoms with E-state index < -0.39 is 0 Å². The van der Waals surface area contributed by atoms with Gasteiger partial charge < -0.3 is 26.3 Å². The highest BCUT2D eigenvalue weighted by atomic mass is 15.3. The molecule has 3 heterocycles. The van der Waals surface area contributed by atoms with Crippen LogP contribution in [0, 0.1) is 11.3 Å². The number of hydrogen-bond donors (Lipinski definition) is 3. The van der Waals surface area contributed by atoms with Gasteiger partial charge in [0.2, 0.25) is 0 Å². The molecule has 1 aliphatic carbocycles. The molecule has 3 aliphatic rings. The van der Waals surface area contributed by atoms with E-state index >= 15 is 0 Å². The second kappa shape index (κ2) is 9.22. The first kappa shape index (κ1) is 20.9. The molecule has 0 spiro atoms. The zero-order chi connectivity index (χ0) is 21.8. The van der Waals surface area contributed by atoms with Crippen LogP contribution in [0.3, 0.4) is 0 Å². The van der Waals surface area contributed by atoms with Crippen molar-refractivity contribution in [3.63, 3.8) is 0 Å². The monoisotopic (exact) mass is 419 g/mol. The number of anilines is 1. The quantitative estimate of drug-likeness (QED) is 0.580. The summed E-state index contributed by atoms with van der Waals surface area (Å²) in [6.07, 6.45) is 12.7. The molecule has 0 bridgehead atoms. The third kappa shape index (κ3) is 4.41. The molecule has 9 nitrogen and oxygen atoms in total. The molecule has 162 valence electrons. The highest BCUT2D eigenvalue weighted by Gasteiger charge is 2.31. The number of nitrogens with two attached hydrogens (primary N) is 1.